The summed E-state index contributed by atoms with van der Waals surface area (Å²) >= 11 is 1.60. The third-order valence-corrected chi connectivity index (χ3v) is 4.35. The van der Waals surface area contributed by atoms with Gasteiger partial charge in [-0.25, -0.2) is 0 Å². The van der Waals surface area contributed by atoms with Gasteiger partial charge in [0.2, 0.25) is 0 Å². The quantitative estimate of drug-likeness (QED) is 0.393. The van der Waals surface area contributed by atoms with E-state index in [2.05, 4.69) is 0 Å². The second-order valence-corrected chi connectivity index (χ2v) is 5.57. The van der Waals surface area contributed by atoms with Crippen LogP contribution in [0.2, 0.25) is 0 Å². The fraction of sp³-hybridized carbons (Fsp3) is 0.200. The molecule has 0 unspecified atom stereocenters. The Hall–Kier alpha value is -2.21. The number of benzene rings is 2. The van der Waals surface area contributed by atoms with Gasteiger partial charge in [-0.3, -0.25) is 10.1 Å². The molecular weight excluding hydrogens is 288 g/mol. The van der Waals surface area contributed by atoms with Crippen LogP contribution in [-0.4, -0.2) is 12.0 Å². The zero-order chi connectivity index (χ0) is 15.4. The van der Waals surface area contributed by atoms with Crippen molar-refractivity contribution in [3.8, 4) is 5.75 Å². The fourth-order valence-electron chi connectivity index (χ4n) is 1.90. The van der Waals surface area contributed by atoms with Crippen LogP contribution >= 0.6 is 11.8 Å². The molecule has 2 aromatic rings. The first-order valence-corrected chi connectivity index (χ1v) is 7.30. The summed E-state index contributed by atoms with van der Waals surface area (Å²) in [5, 5.41) is 10.9. The predicted octanol–water partition coefficient (Wildman–Crippen LogP) is 3.79. The number of hydrogen-bond donors (Lipinski definition) is 1. The van der Waals surface area contributed by atoms with E-state index in [1.54, 1.807) is 17.8 Å². The summed E-state index contributed by atoms with van der Waals surface area (Å²) in [6.07, 6.45) is 0. The van der Waals surface area contributed by atoms with Crippen LogP contribution in [0.1, 0.15) is 11.1 Å². The van der Waals surface area contributed by atoms with Crippen molar-refractivity contribution in [3.63, 3.8) is 0 Å². The van der Waals surface area contributed by atoms with Crippen LogP contribution in [0.25, 0.3) is 0 Å². The van der Waals surface area contributed by atoms with Crippen molar-refractivity contribution in [2.24, 2.45) is 0 Å². The third kappa shape index (κ3) is 3.66. The average Bonchev–Trinajstić information content (AvgIpc) is 2.48. The minimum Gasteiger partial charge on any atom is -0.496 e. The molecule has 0 spiro atoms. The summed E-state index contributed by atoms with van der Waals surface area (Å²) in [5.41, 5.74) is 8.53. The SMILES string of the molecule is COc1cc(CSc2cccc(N)c2C)cc([N+](=O)[O-])c1. The van der Waals surface area contributed by atoms with E-state index in [0.717, 1.165) is 21.7 Å². The van der Waals surface area contributed by atoms with Crippen LogP contribution in [0.3, 0.4) is 0 Å². The topological polar surface area (TPSA) is 78.4 Å². The monoisotopic (exact) mass is 304 g/mol. The minimum absolute atomic E-state index is 0.0363. The molecule has 2 aromatic carbocycles. The Kier molecular flexibility index (Phi) is 4.70. The van der Waals surface area contributed by atoms with Crippen LogP contribution in [0, 0.1) is 17.0 Å². The maximum atomic E-state index is 10.9. The highest BCUT2D eigenvalue weighted by atomic mass is 32.2. The van der Waals surface area contributed by atoms with E-state index in [4.69, 9.17) is 10.5 Å². The third-order valence-electron chi connectivity index (χ3n) is 3.12. The van der Waals surface area contributed by atoms with E-state index in [-0.39, 0.29) is 5.69 Å². The Morgan fingerprint density at radius 2 is 2.10 bits per heavy atom. The van der Waals surface area contributed by atoms with E-state index in [9.17, 15) is 10.1 Å². The van der Waals surface area contributed by atoms with Crippen molar-refractivity contribution < 1.29 is 9.66 Å². The lowest BCUT2D eigenvalue weighted by molar-refractivity contribution is -0.385. The molecule has 0 saturated carbocycles. The predicted molar refractivity (Wildman–Crippen MR) is 84.8 cm³/mol. The fourth-order valence-corrected chi connectivity index (χ4v) is 2.90. The van der Waals surface area contributed by atoms with Crippen LogP contribution in [0.15, 0.2) is 41.3 Å². The van der Waals surface area contributed by atoms with E-state index in [1.807, 2.05) is 31.2 Å². The normalized spacial score (nSPS) is 10.4. The Balaban J connectivity index is 2.21. The van der Waals surface area contributed by atoms with Gasteiger partial charge >= 0.3 is 0 Å². The van der Waals surface area contributed by atoms with E-state index in [1.165, 1.54) is 13.2 Å². The smallest absolute Gasteiger partial charge is 0.273 e. The van der Waals surface area contributed by atoms with Gasteiger partial charge in [-0.2, -0.15) is 0 Å². The van der Waals surface area contributed by atoms with Crippen LogP contribution < -0.4 is 10.5 Å². The minimum atomic E-state index is -0.414. The van der Waals surface area contributed by atoms with Crippen molar-refractivity contribution in [1.29, 1.82) is 0 Å². The lowest BCUT2D eigenvalue weighted by Gasteiger charge is -2.09. The number of rotatable bonds is 5. The molecule has 0 heterocycles. The number of anilines is 1. The molecule has 2 rings (SSSR count). The van der Waals surface area contributed by atoms with E-state index >= 15 is 0 Å². The maximum Gasteiger partial charge on any atom is 0.273 e. The Bertz CT molecular complexity index is 674. The molecule has 21 heavy (non-hydrogen) atoms. The van der Waals surface area contributed by atoms with E-state index in [0.29, 0.717) is 11.5 Å². The zero-order valence-corrected chi connectivity index (χ0v) is 12.6. The van der Waals surface area contributed by atoms with Gasteiger partial charge in [-0.05, 0) is 36.2 Å². The first kappa shape index (κ1) is 15.2. The standard InChI is InChI=1S/C15H16N2O3S/c1-10-14(16)4-3-5-15(10)21-9-11-6-12(17(18)19)8-13(7-11)20-2/h3-8H,9,16H2,1-2H3. The van der Waals surface area contributed by atoms with Crippen molar-refractivity contribution in [2.75, 3.05) is 12.8 Å². The Labute approximate surface area is 127 Å². The number of non-ortho nitro benzene ring substituents is 1. The first-order valence-electron chi connectivity index (χ1n) is 6.31. The summed E-state index contributed by atoms with van der Waals surface area (Å²) in [7, 11) is 1.50. The number of methoxy groups -OCH3 is 1. The molecule has 0 radical (unpaired) electrons. The van der Waals surface area contributed by atoms with Gasteiger partial charge in [0.15, 0.2) is 0 Å². The van der Waals surface area contributed by atoms with Gasteiger partial charge in [-0.1, -0.05) is 6.07 Å². The highest BCUT2D eigenvalue weighted by Gasteiger charge is 2.11. The molecule has 0 bridgehead atoms. The summed E-state index contributed by atoms with van der Waals surface area (Å²) in [4.78, 5) is 11.6. The van der Waals surface area contributed by atoms with Crippen molar-refractivity contribution in [3.05, 3.63) is 57.6 Å². The molecule has 0 aromatic heterocycles. The summed E-state index contributed by atoms with van der Waals surface area (Å²) < 4.78 is 5.11. The van der Waals surface area contributed by atoms with Crippen molar-refractivity contribution in [2.45, 2.75) is 17.6 Å². The van der Waals surface area contributed by atoms with Gasteiger partial charge in [0.1, 0.15) is 5.75 Å². The number of nitro groups is 1. The molecular formula is C15H16N2O3S. The molecule has 0 aliphatic carbocycles. The average molecular weight is 304 g/mol. The largest absolute Gasteiger partial charge is 0.496 e. The number of nitrogen functional groups attached to an aromatic ring is 1. The van der Waals surface area contributed by atoms with Gasteiger partial charge in [0.05, 0.1) is 18.1 Å². The lowest BCUT2D eigenvalue weighted by atomic mass is 10.2. The van der Waals surface area contributed by atoms with Gasteiger partial charge in [0, 0.05) is 22.4 Å². The second-order valence-electron chi connectivity index (χ2n) is 4.56. The zero-order valence-electron chi connectivity index (χ0n) is 11.8. The molecule has 0 aliphatic rings. The number of thioether (sulfide) groups is 1. The molecule has 2 N–H and O–H groups in total. The maximum absolute atomic E-state index is 10.9. The van der Waals surface area contributed by atoms with Gasteiger partial charge in [0.25, 0.3) is 5.69 Å². The Morgan fingerprint density at radius 3 is 2.76 bits per heavy atom. The van der Waals surface area contributed by atoms with Crippen LogP contribution in [0.5, 0.6) is 5.75 Å². The van der Waals surface area contributed by atoms with Crippen molar-refractivity contribution >= 4 is 23.1 Å². The molecule has 0 amide bonds. The molecule has 0 saturated heterocycles. The molecule has 110 valence electrons. The molecule has 0 aliphatic heterocycles. The summed E-state index contributed by atoms with van der Waals surface area (Å²) in [5.74, 6) is 1.10. The summed E-state index contributed by atoms with van der Waals surface area (Å²) in [6.45, 7) is 1.96. The number of hydrogen-bond acceptors (Lipinski definition) is 5. The highest BCUT2D eigenvalue weighted by molar-refractivity contribution is 7.98. The van der Waals surface area contributed by atoms with Gasteiger partial charge in [-0.15, -0.1) is 11.8 Å². The lowest BCUT2D eigenvalue weighted by Crippen LogP contribution is -1.94. The number of nitrogens with zero attached hydrogens (tertiary/aromatic N) is 1. The second kappa shape index (κ2) is 6.49. The number of nitrogens with two attached hydrogens (primary N) is 1. The van der Waals surface area contributed by atoms with Crippen LogP contribution in [-0.2, 0) is 5.75 Å². The molecule has 6 heteroatoms. The first-order chi connectivity index (χ1) is 10.0. The molecule has 0 fully saturated rings. The molecule has 5 nitrogen and oxygen atoms in total. The van der Waals surface area contributed by atoms with Crippen LogP contribution in [0.4, 0.5) is 11.4 Å². The number of ether oxygens (including phenoxy) is 1. The summed E-state index contributed by atoms with van der Waals surface area (Å²) in [6, 6.07) is 10.5. The van der Waals surface area contributed by atoms with Crippen molar-refractivity contribution in [1.82, 2.24) is 0 Å². The Morgan fingerprint density at radius 1 is 1.33 bits per heavy atom. The van der Waals surface area contributed by atoms with E-state index < -0.39 is 4.92 Å². The number of nitro benzene ring substituents is 1. The molecule has 0 atom stereocenters. The highest BCUT2D eigenvalue weighted by Crippen LogP contribution is 2.31. The van der Waals surface area contributed by atoms with Gasteiger partial charge < -0.3 is 10.5 Å².